The number of hydrogen-bond acceptors (Lipinski definition) is 5. The molecule has 0 atom stereocenters. The lowest BCUT2D eigenvalue weighted by Crippen LogP contribution is -2.53. The average molecular weight is 276 g/mol. The Morgan fingerprint density at radius 1 is 1.35 bits per heavy atom. The molecule has 1 saturated heterocycles. The highest BCUT2D eigenvalue weighted by Gasteiger charge is 2.27. The minimum absolute atomic E-state index is 0.129. The van der Waals surface area contributed by atoms with E-state index in [1.54, 1.807) is 6.07 Å². The van der Waals surface area contributed by atoms with Gasteiger partial charge in [0.1, 0.15) is 18.9 Å². The van der Waals surface area contributed by atoms with Crippen LogP contribution in [0.3, 0.4) is 0 Å². The minimum atomic E-state index is -0.481. The quantitative estimate of drug-likeness (QED) is 0.738. The first-order valence-corrected chi connectivity index (χ1v) is 6.38. The van der Waals surface area contributed by atoms with Crippen LogP contribution in [0.15, 0.2) is 12.1 Å². The summed E-state index contributed by atoms with van der Waals surface area (Å²) < 4.78 is 0. The van der Waals surface area contributed by atoms with E-state index < -0.39 is 11.8 Å². The number of aryl methyl sites for hydroxylation is 1. The minimum Gasteiger partial charge on any atom is -0.384 e. The molecule has 0 radical (unpaired) electrons. The maximum Gasteiger partial charge on any atom is 0.254 e. The Balaban J connectivity index is 2.24. The van der Waals surface area contributed by atoms with E-state index in [1.807, 2.05) is 6.92 Å². The molecule has 0 unspecified atom stereocenters. The van der Waals surface area contributed by atoms with Crippen molar-refractivity contribution in [1.82, 2.24) is 15.2 Å². The van der Waals surface area contributed by atoms with Crippen molar-refractivity contribution in [2.45, 2.75) is 19.8 Å². The zero-order valence-corrected chi connectivity index (χ0v) is 11.2. The normalized spacial score (nSPS) is 15.2. The summed E-state index contributed by atoms with van der Waals surface area (Å²) in [6.07, 6.45) is 1.60. The number of nitrogens with one attached hydrogen (secondary N) is 1. The lowest BCUT2D eigenvalue weighted by atomic mass is 10.1. The molecule has 3 amide bonds. The predicted molar refractivity (Wildman–Crippen MR) is 71.7 cm³/mol. The van der Waals surface area contributed by atoms with E-state index in [4.69, 9.17) is 5.73 Å². The lowest BCUT2D eigenvalue weighted by molar-refractivity contribution is -0.135. The van der Waals surface area contributed by atoms with Crippen LogP contribution in [-0.4, -0.2) is 40.7 Å². The Morgan fingerprint density at radius 3 is 2.60 bits per heavy atom. The van der Waals surface area contributed by atoms with Crippen LogP contribution in [0.1, 0.15) is 29.4 Å². The molecule has 1 fully saturated rings. The Morgan fingerprint density at radius 2 is 2.00 bits per heavy atom. The maximum atomic E-state index is 12.3. The molecule has 0 bridgehead atoms. The monoisotopic (exact) mass is 276 g/mol. The van der Waals surface area contributed by atoms with Gasteiger partial charge in [-0.1, -0.05) is 13.3 Å². The predicted octanol–water partition coefficient (Wildman–Crippen LogP) is -0.285. The molecule has 0 aromatic carbocycles. The molecule has 0 spiro atoms. The van der Waals surface area contributed by atoms with Gasteiger partial charge in [-0.15, -0.1) is 0 Å². The van der Waals surface area contributed by atoms with Crippen LogP contribution >= 0.6 is 0 Å². The maximum absolute atomic E-state index is 12.3. The van der Waals surface area contributed by atoms with Crippen molar-refractivity contribution in [1.29, 1.82) is 0 Å². The van der Waals surface area contributed by atoms with E-state index >= 15 is 0 Å². The fourth-order valence-corrected chi connectivity index (χ4v) is 2.08. The molecule has 2 heterocycles. The van der Waals surface area contributed by atoms with Gasteiger partial charge in [0.2, 0.25) is 11.8 Å². The fourth-order valence-electron chi connectivity index (χ4n) is 2.08. The SMILES string of the molecule is CCCc1cc(C(=O)N2CC(=O)NC(=O)C2)cc(N)n1. The number of amides is 3. The first-order valence-electron chi connectivity index (χ1n) is 6.38. The number of piperazine rings is 1. The van der Waals surface area contributed by atoms with E-state index in [9.17, 15) is 14.4 Å². The van der Waals surface area contributed by atoms with E-state index in [0.29, 0.717) is 12.0 Å². The molecule has 2 rings (SSSR count). The molecule has 0 aliphatic carbocycles. The second kappa shape index (κ2) is 5.68. The second-order valence-corrected chi connectivity index (χ2v) is 4.65. The van der Waals surface area contributed by atoms with Gasteiger partial charge in [-0.05, 0) is 18.6 Å². The molecular weight excluding hydrogens is 260 g/mol. The van der Waals surface area contributed by atoms with E-state index in [1.165, 1.54) is 11.0 Å². The summed E-state index contributed by atoms with van der Waals surface area (Å²) in [7, 11) is 0. The number of aromatic nitrogens is 1. The van der Waals surface area contributed by atoms with Gasteiger partial charge in [-0.25, -0.2) is 4.98 Å². The molecule has 1 aromatic rings. The average Bonchev–Trinajstić information content (AvgIpc) is 2.36. The highest BCUT2D eigenvalue weighted by atomic mass is 16.2. The highest BCUT2D eigenvalue weighted by molar-refractivity contribution is 6.05. The largest absolute Gasteiger partial charge is 0.384 e. The van der Waals surface area contributed by atoms with Crippen molar-refractivity contribution >= 4 is 23.5 Å². The summed E-state index contributed by atoms with van der Waals surface area (Å²) in [5.41, 5.74) is 6.76. The van der Waals surface area contributed by atoms with Crippen LogP contribution in [-0.2, 0) is 16.0 Å². The summed E-state index contributed by atoms with van der Waals surface area (Å²) >= 11 is 0. The first-order chi connectivity index (χ1) is 9.49. The van der Waals surface area contributed by atoms with Crippen molar-refractivity contribution in [2.24, 2.45) is 0 Å². The molecule has 7 nitrogen and oxygen atoms in total. The number of hydrogen-bond donors (Lipinski definition) is 2. The summed E-state index contributed by atoms with van der Waals surface area (Å²) in [4.78, 5) is 40.2. The topological polar surface area (TPSA) is 105 Å². The molecule has 1 aliphatic heterocycles. The van der Waals surface area contributed by atoms with Crippen molar-refractivity contribution in [3.05, 3.63) is 23.4 Å². The number of anilines is 1. The number of nitrogens with two attached hydrogens (primary N) is 1. The Kier molecular flexibility index (Phi) is 3.97. The van der Waals surface area contributed by atoms with E-state index in [0.717, 1.165) is 12.1 Å². The van der Waals surface area contributed by atoms with Gasteiger partial charge < -0.3 is 10.6 Å². The molecule has 1 aromatic heterocycles. The summed E-state index contributed by atoms with van der Waals surface area (Å²) in [6.45, 7) is 1.74. The highest BCUT2D eigenvalue weighted by Crippen LogP contribution is 2.13. The van der Waals surface area contributed by atoms with Gasteiger partial charge in [0, 0.05) is 11.3 Å². The van der Waals surface area contributed by atoms with Crippen molar-refractivity contribution in [3.8, 4) is 0 Å². The number of nitrogen functional groups attached to an aromatic ring is 1. The zero-order valence-electron chi connectivity index (χ0n) is 11.2. The van der Waals surface area contributed by atoms with Gasteiger partial charge in [0.05, 0.1) is 0 Å². The number of pyridine rings is 1. The van der Waals surface area contributed by atoms with Crippen LogP contribution in [0, 0.1) is 0 Å². The third-order valence-corrected chi connectivity index (χ3v) is 2.89. The standard InChI is InChI=1S/C13H16N4O3/c1-2-3-9-4-8(5-10(14)15-9)13(20)17-6-11(18)16-12(19)7-17/h4-5H,2-3,6-7H2,1H3,(H2,14,15)(H,16,18,19). The van der Waals surface area contributed by atoms with Gasteiger partial charge >= 0.3 is 0 Å². The van der Waals surface area contributed by atoms with Crippen molar-refractivity contribution < 1.29 is 14.4 Å². The molecule has 3 N–H and O–H groups in total. The number of nitrogens with zero attached hydrogens (tertiary/aromatic N) is 2. The summed E-state index contributed by atoms with van der Waals surface area (Å²) in [5.74, 6) is -1.09. The van der Waals surface area contributed by atoms with Crippen LogP contribution < -0.4 is 11.1 Å². The van der Waals surface area contributed by atoms with Gasteiger partial charge in [0.25, 0.3) is 5.91 Å². The van der Waals surface area contributed by atoms with Crippen LogP contribution in [0.4, 0.5) is 5.82 Å². The number of carbonyl (C=O) groups excluding carboxylic acids is 3. The van der Waals surface area contributed by atoms with Crippen LogP contribution in [0.2, 0.25) is 0 Å². The number of imide groups is 1. The van der Waals surface area contributed by atoms with E-state index in [2.05, 4.69) is 10.3 Å². The van der Waals surface area contributed by atoms with E-state index in [-0.39, 0.29) is 24.8 Å². The smallest absolute Gasteiger partial charge is 0.254 e. The number of carbonyl (C=O) groups is 3. The second-order valence-electron chi connectivity index (χ2n) is 4.65. The van der Waals surface area contributed by atoms with Crippen molar-refractivity contribution in [3.63, 3.8) is 0 Å². The molecule has 7 heteroatoms. The fraction of sp³-hybridized carbons (Fsp3) is 0.385. The molecule has 0 saturated carbocycles. The molecule has 20 heavy (non-hydrogen) atoms. The Labute approximate surface area is 116 Å². The van der Waals surface area contributed by atoms with Crippen molar-refractivity contribution in [2.75, 3.05) is 18.8 Å². The molecule has 1 aliphatic rings. The van der Waals surface area contributed by atoms with Gasteiger partial charge in [0.15, 0.2) is 0 Å². The zero-order chi connectivity index (χ0) is 14.7. The third-order valence-electron chi connectivity index (χ3n) is 2.89. The Bertz CT molecular complexity index is 555. The Hall–Kier alpha value is -2.44. The van der Waals surface area contributed by atoms with Gasteiger partial charge in [-0.2, -0.15) is 0 Å². The third kappa shape index (κ3) is 3.11. The summed E-state index contributed by atoms with van der Waals surface area (Å²) in [6, 6.07) is 3.11. The lowest BCUT2D eigenvalue weighted by Gasteiger charge is -2.25. The molecular formula is C13H16N4O3. The summed E-state index contributed by atoms with van der Waals surface area (Å²) in [5, 5.41) is 2.15. The van der Waals surface area contributed by atoms with Crippen LogP contribution in [0.25, 0.3) is 0 Å². The van der Waals surface area contributed by atoms with Gasteiger partial charge in [-0.3, -0.25) is 19.7 Å². The number of rotatable bonds is 3. The molecule has 106 valence electrons. The first kappa shape index (κ1) is 14.0. The van der Waals surface area contributed by atoms with Crippen LogP contribution in [0.5, 0.6) is 0 Å².